The molecule has 0 aromatic heterocycles. The van der Waals surface area contributed by atoms with Gasteiger partial charge in [0.25, 0.3) is 0 Å². The van der Waals surface area contributed by atoms with Crippen LogP contribution in [0.15, 0.2) is 24.3 Å². The van der Waals surface area contributed by atoms with Crippen molar-refractivity contribution in [2.24, 2.45) is 0 Å². The monoisotopic (exact) mass is 518 g/mol. The van der Waals surface area contributed by atoms with Gasteiger partial charge in [0, 0.05) is 14.2 Å². The maximum Gasteiger partial charge on any atom is 0.110 e. The average molecular weight is 519 g/mol. The number of aliphatic hydroxyl groups is 2. The van der Waals surface area contributed by atoms with Crippen LogP contribution >= 0.6 is 0 Å². The van der Waals surface area contributed by atoms with E-state index in [1.54, 1.807) is 52.3 Å². The summed E-state index contributed by atoms with van der Waals surface area (Å²) in [5.74, 6) is 0. The lowest BCUT2D eigenvalue weighted by molar-refractivity contribution is -0.0573. The van der Waals surface area contributed by atoms with Gasteiger partial charge in [-0.3, -0.25) is 0 Å². The van der Waals surface area contributed by atoms with E-state index in [0.717, 1.165) is 0 Å². The first-order chi connectivity index (χ1) is 17.3. The van der Waals surface area contributed by atoms with Crippen molar-refractivity contribution in [3.8, 4) is 0 Å². The normalized spacial score (nSPS) is 15.1. The Bertz CT molecular complexity index is 581. The zero-order valence-corrected chi connectivity index (χ0v) is 22.4. The Morgan fingerprint density at radius 3 is 1.00 bits per heavy atom. The highest BCUT2D eigenvalue weighted by Gasteiger charge is 2.27. The molecule has 1 aromatic rings. The summed E-state index contributed by atoms with van der Waals surface area (Å²) in [5, 5.41) is 21.6. The van der Waals surface area contributed by atoms with Crippen molar-refractivity contribution in [3.63, 3.8) is 0 Å². The molecule has 0 saturated carbocycles. The molecule has 2 unspecified atom stereocenters. The van der Waals surface area contributed by atoms with Gasteiger partial charge in [0.15, 0.2) is 0 Å². The van der Waals surface area contributed by atoms with Crippen LogP contribution in [0.5, 0.6) is 0 Å². The fourth-order valence-electron chi connectivity index (χ4n) is 3.06. The molecule has 1 rings (SSSR count). The van der Waals surface area contributed by atoms with E-state index in [4.69, 9.17) is 37.9 Å². The van der Waals surface area contributed by atoms with E-state index in [9.17, 15) is 10.2 Å². The van der Waals surface area contributed by atoms with Crippen LogP contribution in [0.1, 0.15) is 25.0 Å². The molecule has 0 fully saturated rings. The van der Waals surface area contributed by atoms with E-state index in [2.05, 4.69) is 0 Å². The lowest BCUT2D eigenvalue weighted by Gasteiger charge is -2.27. The van der Waals surface area contributed by atoms with Crippen LogP contribution < -0.4 is 0 Å². The largest absolute Gasteiger partial charge is 0.383 e. The molecule has 10 heteroatoms. The minimum Gasteiger partial charge on any atom is -0.383 e. The average Bonchev–Trinajstić information content (AvgIpc) is 2.86. The van der Waals surface area contributed by atoms with Gasteiger partial charge in [0.05, 0.1) is 92.5 Å². The first-order valence-corrected chi connectivity index (χ1v) is 12.3. The lowest BCUT2D eigenvalue weighted by Crippen LogP contribution is -2.30. The van der Waals surface area contributed by atoms with Crippen molar-refractivity contribution in [1.82, 2.24) is 0 Å². The maximum absolute atomic E-state index is 10.8. The van der Waals surface area contributed by atoms with Crippen molar-refractivity contribution in [1.29, 1.82) is 0 Å². The fraction of sp³-hybridized carbons (Fsp3) is 0.769. The summed E-state index contributed by atoms with van der Waals surface area (Å²) in [6.07, 6.45) is 0. The Morgan fingerprint density at radius 2 is 0.722 bits per heavy atom. The Balaban J connectivity index is 2.24. The van der Waals surface area contributed by atoms with Gasteiger partial charge in [-0.15, -0.1) is 0 Å². The number of benzene rings is 1. The predicted octanol–water partition coefficient (Wildman–Crippen LogP) is 1.49. The van der Waals surface area contributed by atoms with Gasteiger partial charge in [0.1, 0.15) is 11.2 Å². The molecule has 0 aliphatic heterocycles. The van der Waals surface area contributed by atoms with E-state index >= 15 is 0 Å². The molecule has 0 bridgehead atoms. The minimum absolute atomic E-state index is 0.122. The van der Waals surface area contributed by atoms with Crippen LogP contribution in [-0.2, 0) is 49.1 Å². The molecule has 10 nitrogen and oxygen atoms in total. The molecule has 1 aromatic carbocycles. The van der Waals surface area contributed by atoms with Crippen LogP contribution in [-0.4, -0.2) is 117 Å². The van der Waals surface area contributed by atoms with E-state index < -0.39 is 11.2 Å². The van der Waals surface area contributed by atoms with Crippen molar-refractivity contribution < 1.29 is 48.1 Å². The molecular weight excluding hydrogens is 472 g/mol. The summed E-state index contributed by atoms with van der Waals surface area (Å²) in [6.45, 7) is 9.36. The Hall–Kier alpha value is -1.18. The number of rotatable bonds is 24. The first kappa shape index (κ1) is 32.8. The third-order valence-electron chi connectivity index (χ3n) is 5.25. The third-order valence-corrected chi connectivity index (χ3v) is 5.25. The molecule has 2 N–H and O–H groups in total. The Morgan fingerprint density at radius 1 is 0.472 bits per heavy atom. The number of methoxy groups -OCH3 is 2. The van der Waals surface area contributed by atoms with Crippen LogP contribution in [0.25, 0.3) is 0 Å². The maximum atomic E-state index is 10.8. The second-order valence-corrected chi connectivity index (χ2v) is 8.67. The third kappa shape index (κ3) is 15.2. The standard InChI is InChI=1S/C26H46O10/c1-25(27,21-35-19-17-33-15-13-31-11-9-29-3)23-5-7-24(8-6-23)26(2,28)22-36-20-18-34-16-14-32-12-10-30-4/h5-8,27-28H,9-22H2,1-4H3. The molecule has 210 valence electrons. The number of hydrogen-bond acceptors (Lipinski definition) is 10. The van der Waals surface area contributed by atoms with Gasteiger partial charge in [-0.25, -0.2) is 0 Å². The molecule has 0 saturated heterocycles. The number of ether oxygens (including phenoxy) is 8. The van der Waals surface area contributed by atoms with Crippen LogP contribution in [0.3, 0.4) is 0 Å². The molecule has 0 heterocycles. The van der Waals surface area contributed by atoms with Crippen LogP contribution in [0, 0.1) is 0 Å². The highest BCUT2D eigenvalue weighted by atomic mass is 16.6. The van der Waals surface area contributed by atoms with Gasteiger partial charge in [-0.2, -0.15) is 0 Å². The SMILES string of the molecule is COCCOCCOCCOCC(C)(O)c1ccc(C(C)(O)COCCOCCOCCOC)cc1. The van der Waals surface area contributed by atoms with Crippen LogP contribution in [0.2, 0.25) is 0 Å². The molecule has 0 spiro atoms. The van der Waals surface area contributed by atoms with Crippen LogP contribution in [0.4, 0.5) is 0 Å². The van der Waals surface area contributed by atoms with Crippen molar-refractivity contribution >= 4 is 0 Å². The number of hydrogen-bond donors (Lipinski definition) is 2. The van der Waals surface area contributed by atoms with E-state index in [1.807, 2.05) is 0 Å². The second kappa shape index (κ2) is 19.9. The fourth-order valence-corrected chi connectivity index (χ4v) is 3.06. The lowest BCUT2D eigenvalue weighted by atomic mass is 9.91. The quantitative estimate of drug-likeness (QED) is 0.195. The summed E-state index contributed by atoms with van der Waals surface area (Å²) < 4.78 is 42.5. The topological polar surface area (TPSA) is 114 Å². The molecule has 36 heavy (non-hydrogen) atoms. The Kier molecular flexibility index (Phi) is 18.1. The van der Waals surface area contributed by atoms with Gasteiger partial charge in [-0.05, 0) is 25.0 Å². The molecule has 0 radical (unpaired) electrons. The van der Waals surface area contributed by atoms with E-state index in [1.165, 1.54) is 0 Å². The van der Waals surface area contributed by atoms with E-state index in [-0.39, 0.29) is 13.2 Å². The summed E-state index contributed by atoms with van der Waals surface area (Å²) in [5.41, 5.74) is -0.961. The second-order valence-electron chi connectivity index (χ2n) is 8.67. The molecule has 0 aliphatic carbocycles. The van der Waals surface area contributed by atoms with Crippen molar-refractivity contribution in [2.75, 3.05) is 107 Å². The van der Waals surface area contributed by atoms with Gasteiger partial charge >= 0.3 is 0 Å². The smallest absolute Gasteiger partial charge is 0.110 e. The molecule has 2 atom stereocenters. The summed E-state index contributed by atoms with van der Waals surface area (Å²) in [4.78, 5) is 0. The van der Waals surface area contributed by atoms with Crippen molar-refractivity contribution in [2.45, 2.75) is 25.0 Å². The highest BCUT2D eigenvalue weighted by molar-refractivity contribution is 5.30. The Labute approximate surface area is 215 Å². The van der Waals surface area contributed by atoms with Gasteiger partial charge in [0.2, 0.25) is 0 Å². The predicted molar refractivity (Wildman–Crippen MR) is 134 cm³/mol. The zero-order chi connectivity index (χ0) is 26.5. The molecule has 0 aliphatic rings. The van der Waals surface area contributed by atoms with Gasteiger partial charge in [-0.1, -0.05) is 24.3 Å². The minimum atomic E-state index is -1.17. The zero-order valence-electron chi connectivity index (χ0n) is 22.4. The summed E-state index contributed by atoms with van der Waals surface area (Å²) >= 11 is 0. The molecular formula is C26H46O10. The van der Waals surface area contributed by atoms with Gasteiger partial charge < -0.3 is 48.1 Å². The molecule has 0 amide bonds. The summed E-state index contributed by atoms with van der Waals surface area (Å²) in [6, 6.07) is 7.14. The summed E-state index contributed by atoms with van der Waals surface area (Å²) in [7, 11) is 3.26. The van der Waals surface area contributed by atoms with E-state index in [0.29, 0.717) is 90.4 Å². The highest BCUT2D eigenvalue weighted by Crippen LogP contribution is 2.26. The first-order valence-electron chi connectivity index (χ1n) is 12.3. The van der Waals surface area contributed by atoms with Crippen molar-refractivity contribution in [3.05, 3.63) is 35.4 Å².